The third kappa shape index (κ3) is 6.73. The molecular formula is C25H21FN2O6S. The Morgan fingerprint density at radius 1 is 0.943 bits per heavy atom. The minimum Gasteiger partial charge on any atom is -0.454 e. The number of ether oxygens (including phenoxy) is 3. The van der Waals surface area contributed by atoms with Gasteiger partial charge in [-0.3, -0.25) is 9.59 Å². The van der Waals surface area contributed by atoms with E-state index in [4.69, 9.17) is 14.2 Å². The summed E-state index contributed by atoms with van der Waals surface area (Å²) in [6.45, 7) is -0.0458. The maximum Gasteiger partial charge on any atom is 0.339 e. The number of nitrogens with one attached hydrogen (secondary N) is 2. The molecule has 35 heavy (non-hydrogen) atoms. The number of carbonyl (C=O) groups is 3. The third-order valence-corrected chi connectivity index (χ3v) is 5.93. The Balaban J connectivity index is 1.25. The van der Waals surface area contributed by atoms with Gasteiger partial charge in [0.05, 0.1) is 11.3 Å². The molecule has 3 aromatic rings. The van der Waals surface area contributed by atoms with Crippen molar-refractivity contribution >= 4 is 35.2 Å². The van der Waals surface area contributed by atoms with Gasteiger partial charge in [-0.25, -0.2) is 9.18 Å². The third-order valence-electron chi connectivity index (χ3n) is 4.85. The van der Waals surface area contributed by atoms with Crippen molar-refractivity contribution in [3.05, 3.63) is 83.7 Å². The highest BCUT2D eigenvalue weighted by molar-refractivity contribution is 8.00. The monoisotopic (exact) mass is 496 g/mol. The Bertz CT molecular complexity index is 1230. The summed E-state index contributed by atoms with van der Waals surface area (Å²) < 4.78 is 28.7. The van der Waals surface area contributed by atoms with Gasteiger partial charge >= 0.3 is 5.97 Å². The molecule has 1 aliphatic heterocycles. The summed E-state index contributed by atoms with van der Waals surface area (Å²) in [5, 5.41) is 5.34. The van der Waals surface area contributed by atoms with Gasteiger partial charge in [0.1, 0.15) is 5.82 Å². The van der Waals surface area contributed by atoms with Crippen molar-refractivity contribution in [1.82, 2.24) is 5.32 Å². The Morgan fingerprint density at radius 2 is 1.71 bits per heavy atom. The molecule has 0 aromatic heterocycles. The average Bonchev–Trinajstić information content (AvgIpc) is 3.34. The smallest absolute Gasteiger partial charge is 0.339 e. The molecule has 0 saturated heterocycles. The van der Waals surface area contributed by atoms with E-state index in [2.05, 4.69) is 10.6 Å². The molecule has 180 valence electrons. The van der Waals surface area contributed by atoms with Gasteiger partial charge in [0.2, 0.25) is 12.7 Å². The van der Waals surface area contributed by atoms with Gasteiger partial charge < -0.3 is 24.8 Å². The summed E-state index contributed by atoms with van der Waals surface area (Å²) >= 11 is 1.15. The van der Waals surface area contributed by atoms with Crippen molar-refractivity contribution < 1.29 is 33.0 Å². The highest BCUT2D eigenvalue weighted by atomic mass is 32.2. The van der Waals surface area contributed by atoms with E-state index in [9.17, 15) is 18.8 Å². The predicted molar refractivity (Wildman–Crippen MR) is 127 cm³/mol. The number of anilines is 1. The summed E-state index contributed by atoms with van der Waals surface area (Å²) in [6.07, 6.45) is 0. The molecule has 0 bridgehead atoms. The number of rotatable bonds is 9. The number of amides is 2. The minimum atomic E-state index is -0.676. The van der Waals surface area contributed by atoms with Gasteiger partial charge in [-0.2, -0.15) is 0 Å². The highest BCUT2D eigenvalue weighted by Crippen LogP contribution is 2.32. The summed E-state index contributed by atoms with van der Waals surface area (Å²) in [5.74, 6) is -0.552. The van der Waals surface area contributed by atoms with Crippen LogP contribution in [-0.4, -0.2) is 36.9 Å². The highest BCUT2D eigenvalue weighted by Gasteiger charge is 2.17. The lowest BCUT2D eigenvalue weighted by Crippen LogP contribution is -2.28. The normalized spacial score (nSPS) is 11.6. The Morgan fingerprint density at radius 3 is 2.54 bits per heavy atom. The van der Waals surface area contributed by atoms with E-state index < -0.39 is 24.3 Å². The summed E-state index contributed by atoms with van der Waals surface area (Å²) in [5.41, 5.74) is 1.53. The first-order chi connectivity index (χ1) is 17.0. The molecule has 8 nitrogen and oxygen atoms in total. The molecule has 0 saturated carbocycles. The van der Waals surface area contributed by atoms with Crippen LogP contribution in [-0.2, 0) is 20.9 Å². The van der Waals surface area contributed by atoms with Crippen molar-refractivity contribution in [2.24, 2.45) is 0 Å². The molecular weight excluding hydrogens is 475 g/mol. The van der Waals surface area contributed by atoms with Crippen molar-refractivity contribution in [2.45, 2.75) is 11.4 Å². The molecule has 0 unspecified atom stereocenters. The fourth-order valence-electron chi connectivity index (χ4n) is 3.15. The van der Waals surface area contributed by atoms with Crippen LogP contribution in [0.4, 0.5) is 10.1 Å². The molecule has 1 heterocycles. The molecule has 10 heteroatoms. The van der Waals surface area contributed by atoms with Gasteiger partial charge in [0.25, 0.3) is 5.91 Å². The second kappa shape index (κ2) is 11.4. The van der Waals surface area contributed by atoms with Crippen LogP contribution in [0.5, 0.6) is 11.5 Å². The molecule has 3 aromatic carbocycles. The maximum absolute atomic E-state index is 13.0. The van der Waals surface area contributed by atoms with E-state index in [-0.39, 0.29) is 30.6 Å². The van der Waals surface area contributed by atoms with Gasteiger partial charge in [-0.1, -0.05) is 18.2 Å². The van der Waals surface area contributed by atoms with E-state index in [0.717, 1.165) is 17.3 Å². The summed E-state index contributed by atoms with van der Waals surface area (Å²) in [4.78, 5) is 37.5. The zero-order valence-corrected chi connectivity index (χ0v) is 19.2. The van der Waals surface area contributed by atoms with Crippen molar-refractivity contribution in [1.29, 1.82) is 0 Å². The first-order valence-corrected chi connectivity index (χ1v) is 11.6. The van der Waals surface area contributed by atoms with Crippen LogP contribution in [0.1, 0.15) is 15.9 Å². The Hall–Kier alpha value is -4.05. The van der Waals surface area contributed by atoms with E-state index in [0.29, 0.717) is 22.1 Å². The van der Waals surface area contributed by atoms with E-state index in [1.165, 1.54) is 24.3 Å². The first-order valence-electron chi connectivity index (χ1n) is 10.6. The number of esters is 1. The zero-order valence-electron chi connectivity index (χ0n) is 18.4. The SMILES string of the molecule is O=C(COC(=O)c1ccccc1SCC(=O)Nc1ccc(F)cc1)NCc1ccc2c(c1)OCO2. The molecule has 4 rings (SSSR count). The van der Waals surface area contributed by atoms with Crippen molar-refractivity contribution in [3.63, 3.8) is 0 Å². The van der Waals surface area contributed by atoms with Gasteiger partial charge in [-0.05, 0) is 54.1 Å². The number of benzene rings is 3. The molecule has 0 aliphatic carbocycles. The van der Waals surface area contributed by atoms with Crippen LogP contribution in [0.25, 0.3) is 0 Å². The Kier molecular flexibility index (Phi) is 7.84. The standard InChI is InChI=1S/C25H21FN2O6S/c26-17-6-8-18(9-7-17)28-24(30)14-35-22-4-2-1-3-19(22)25(31)32-13-23(29)27-12-16-5-10-20-21(11-16)34-15-33-20/h1-11H,12-15H2,(H,27,29)(H,28,30). The second-order valence-electron chi connectivity index (χ2n) is 7.38. The fraction of sp³-hybridized carbons (Fsp3) is 0.160. The molecule has 2 amide bonds. The first kappa shape index (κ1) is 24.1. The van der Waals surface area contributed by atoms with Crippen molar-refractivity contribution in [3.8, 4) is 11.5 Å². The second-order valence-corrected chi connectivity index (χ2v) is 8.40. The number of halogens is 1. The molecule has 0 radical (unpaired) electrons. The topological polar surface area (TPSA) is 103 Å². The molecule has 0 spiro atoms. The molecule has 2 N–H and O–H groups in total. The van der Waals surface area contributed by atoms with Crippen LogP contribution in [0.3, 0.4) is 0 Å². The largest absolute Gasteiger partial charge is 0.454 e. The predicted octanol–water partition coefficient (Wildman–Crippen LogP) is 3.76. The fourth-order valence-corrected chi connectivity index (χ4v) is 3.99. The summed E-state index contributed by atoms with van der Waals surface area (Å²) in [7, 11) is 0. The lowest BCUT2D eigenvalue weighted by atomic mass is 10.2. The van der Waals surface area contributed by atoms with Crippen LogP contribution in [0.2, 0.25) is 0 Å². The lowest BCUT2D eigenvalue weighted by molar-refractivity contribution is -0.124. The lowest BCUT2D eigenvalue weighted by Gasteiger charge is -2.10. The average molecular weight is 497 g/mol. The van der Waals surface area contributed by atoms with E-state index in [1.807, 2.05) is 0 Å². The van der Waals surface area contributed by atoms with Crippen molar-refractivity contribution in [2.75, 3.05) is 24.5 Å². The van der Waals surface area contributed by atoms with Crippen LogP contribution in [0.15, 0.2) is 71.6 Å². The number of hydrogen-bond acceptors (Lipinski definition) is 7. The number of carbonyl (C=O) groups excluding carboxylic acids is 3. The van der Waals surface area contributed by atoms with Crippen LogP contribution in [0, 0.1) is 5.82 Å². The number of thioether (sulfide) groups is 1. The van der Waals surface area contributed by atoms with E-state index in [1.54, 1.807) is 42.5 Å². The van der Waals surface area contributed by atoms with Gasteiger partial charge in [0, 0.05) is 17.1 Å². The van der Waals surface area contributed by atoms with Crippen LogP contribution >= 0.6 is 11.8 Å². The number of fused-ring (bicyclic) bond motifs is 1. The Labute approximate surface area is 204 Å². The molecule has 0 atom stereocenters. The molecule has 0 fully saturated rings. The minimum absolute atomic E-state index is 0.0255. The zero-order chi connectivity index (χ0) is 24.6. The maximum atomic E-state index is 13.0. The number of hydrogen-bond donors (Lipinski definition) is 2. The quantitative estimate of drug-likeness (QED) is 0.344. The van der Waals surface area contributed by atoms with Crippen LogP contribution < -0.4 is 20.1 Å². The van der Waals surface area contributed by atoms with Gasteiger partial charge in [-0.15, -0.1) is 11.8 Å². The van der Waals surface area contributed by atoms with E-state index >= 15 is 0 Å². The summed E-state index contributed by atoms with van der Waals surface area (Å²) in [6, 6.07) is 17.4. The van der Waals surface area contributed by atoms with Gasteiger partial charge in [0.15, 0.2) is 18.1 Å². The molecule has 1 aliphatic rings.